The van der Waals surface area contributed by atoms with E-state index in [1.807, 2.05) is 0 Å². The Bertz CT molecular complexity index is 674. The second-order valence-electron chi connectivity index (χ2n) is 3.92. The molecular formula is C14H10FIN2O2. The number of hydrogen-bond acceptors (Lipinski definition) is 3. The van der Waals surface area contributed by atoms with E-state index in [0.29, 0.717) is 11.3 Å². The predicted molar refractivity (Wildman–Crippen MR) is 83.7 cm³/mol. The Morgan fingerprint density at radius 3 is 2.85 bits per heavy atom. The number of benzene rings is 2. The van der Waals surface area contributed by atoms with E-state index in [1.165, 1.54) is 24.4 Å². The van der Waals surface area contributed by atoms with Crippen LogP contribution in [0.2, 0.25) is 0 Å². The standard InChI is InChI=1S/C14H10FIN2O2/c15-13-5-4-11(16)6-10(13)8-17-18-12-3-1-2-9(7-12)14(19)20/h1-8,18H,(H,19,20)/b17-8-. The van der Waals surface area contributed by atoms with Gasteiger partial charge in [0.1, 0.15) is 5.82 Å². The molecule has 2 aromatic carbocycles. The number of rotatable bonds is 4. The lowest BCUT2D eigenvalue weighted by Gasteiger charge is -2.02. The van der Waals surface area contributed by atoms with E-state index >= 15 is 0 Å². The molecule has 2 rings (SSSR count). The van der Waals surface area contributed by atoms with Crippen LogP contribution in [0.25, 0.3) is 0 Å². The average molecular weight is 384 g/mol. The zero-order valence-corrected chi connectivity index (χ0v) is 12.3. The van der Waals surface area contributed by atoms with Crippen LogP contribution in [0.3, 0.4) is 0 Å². The Balaban J connectivity index is 2.12. The van der Waals surface area contributed by atoms with Crippen molar-refractivity contribution in [1.29, 1.82) is 0 Å². The number of carbonyl (C=O) groups is 1. The van der Waals surface area contributed by atoms with Gasteiger partial charge in [0.05, 0.1) is 17.5 Å². The highest BCUT2D eigenvalue weighted by Gasteiger charge is 2.02. The zero-order valence-electron chi connectivity index (χ0n) is 10.2. The fraction of sp³-hybridized carbons (Fsp3) is 0. The molecule has 20 heavy (non-hydrogen) atoms. The number of halogens is 2. The molecule has 0 aliphatic heterocycles. The fourth-order valence-electron chi connectivity index (χ4n) is 1.51. The molecule has 2 aromatic rings. The topological polar surface area (TPSA) is 61.7 Å². The van der Waals surface area contributed by atoms with Crippen LogP contribution in [0.5, 0.6) is 0 Å². The monoisotopic (exact) mass is 384 g/mol. The van der Waals surface area contributed by atoms with Crippen molar-refractivity contribution in [2.75, 3.05) is 5.43 Å². The third kappa shape index (κ3) is 3.77. The summed E-state index contributed by atoms with van der Waals surface area (Å²) in [6, 6.07) is 10.9. The normalized spacial score (nSPS) is 10.7. The van der Waals surface area contributed by atoms with Crippen LogP contribution in [-0.2, 0) is 0 Å². The summed E-state index contributed by atoms with van der Waals surface area (Å²) in [6.45, 7) is 0. The van der Waals surface area contributed by atoms with Gasteiger partial charge >= 0.3 is 5.97 Å². The molecule has 0 aromatic heterocycles. The molecule has 0 atom stereocenters. The van der Waals surface area contributed by atoms with Crippen LogP contribution >= 0.6 is 22.6 Å². The van der Waals surface area contributed by atoms with Crippen molar-refractivity contribution in [3.8, 4) is 0 Å². The summed E-state index contributed by atoms with van der Waals surface area (Å²) < 4.78 is 14.4. The molecule has 0 aliphatic carbocycles. The zero-order chi connectivity index (χ0) is 14.5. The van der Waals surface area contributed by atoms with Crippen LogP contribution < -0.4 is 5.43 Å². The van der Waals surface area contributed by atoms with Gasteiger partial charge in [-0.25, -0.2) is 9.18 Å². The molecule has 0 heterocycles. The first-order valence-corrected chi connectivity index (χ1v) is 6.71. The molecule has 0 bridgehead atoms. The van der Waals surface area contributed by atoms with Crippen molar-refractivity contribution in [2.24, 2.45) is 5.10 Å². The number of nitrogens with zero attached hydrogens (tertiary/aromatic N) is 1. The molecule has 0 aliphatic rings. The molecule has 0 saturated carbocycles. The first-order chi connectivity index (χ1) is 9.56. The van der Waals surface area contributed by atoms with Gasteiger partial charge in [-0.3, -0.25) is 5.43 Å². The van der Waals surface area contributed by atoms with Crippen LogP contribution in [-0.4, -0.2) is 17.3 Å². The van der Waals surface area contributed by atoms with E-state index in [2.05, 4.69) is 33.1 Å². The van der Waals surface area contributed by atoms with Crippen molar-refractivity contribution in [2.45, 2.75) is 0 Å². The van der Waals surface area contributed by atoms with E-state index in [9.17, 15) is 9.18 Å². The number of hydrogen-bond donors (Lipinski definition) is 2. The van der Waals surface area contributed by atoms with Gasteiger partial charge in [-0.2, -0.15) is 5.10 Å². The van der Waals surface area contributed by atoms with E-state index < -0.39 is 5.97 Å². The van der Waals surface area contributed by atoms with Gasteiger partial charge in [-0.15, -0.1) is 0 Å². The largest absolute Gasteiger partial charge is 0.478 e. The van der Waals surface area contributed by atoms with Crippen molar-refractivity contribution < 1.29 is 14.3 Å². The molecule has 4 nitrogen and oxygen atoms in total. The summed E-state index contributed by atoms with van der Waals surface area (Å²) in [5, 5.41) is 12.8. The summed E-state index contributed by atoms with van der Waals surface area (Å²) in [6.07, 6.45) is 1.35. The summed E-state index contributed by atoms with van der Waals surface area (Å²) in [5.41, 5.74) is 3.71. The Kier molecular flexibility index (Phi) is 4.67. The Morgan fingerprint density at radius 2 is 2.10 bits per heavy atom. The third-order valence-electron chi connectivity index (χ3n) is 2.46. The lowest BCUT2D eigenvalue weighted by atomic mass is 10.2. The van der Waals surface area contributed by atoms with E-state index in [4.69, 9.17) is 5.11 Å². The predicted octanol–water partition coefficient (Wildman–Crippen LogP) is 3.57. The number of carboxylic acid groups (broad SMARTS) is 1. The van der Waals surface area contributed by atoms with E-state index in [1.54, 1.807) is 24.3 Å². The molecule has 0 saturated heterocycles. The summed E-state index contributed by atoms with van der Waals surface area (Å²) in [5.74, 6) is -1.38. The minimum atomic E-state index is -1.01. The highest BCUT2D eigenvalue weighted by Crippen LogP contribution is 2.12. The van der Waals surface area contributed by atoms with Crippen LogP contribution in [0.15, 0.2) is 47.6 Å². The van der Waals surface area contributed by atoms with Gasteiger partial charge < -0.3 is 5.11 Å². The summed E-state index contributed by atoms with van der Waals surface area (Å²) in [4.78, 5) is 10.8. The first-order valence-electron chi connectivity index (χ1n) is 5.64. The number of anilines is 1. The second-order valence-corrected chi connectivity index (χ2v) is 5.17. The van der Waals surface area contributed by atoms with Crippen molar-refractivity contribution in [1.82, 2.24) is 0 Å². The molecule has 102 valence electrons. The number of carboxylic acids is 1. The lowest BCUT2D eigenvalue weighted by molar-refractivity contribution is 0.0697. The fourth-order valence-corrected chi connectivity index (χ4v) is 2.03. The van der Waals surface area contributed by atoms with Gasteiger partial charge in [-0.1, -0.05) is 6.07 Å². The first kappa shape index (κ1) is 14.4. The maximum absolute atomic E-state index is 13.5. The Hall–Kier alpha value is -1.96. The van der Waals surface area contributed by atoms with Crippen LogP contribution in [0.4, 0.5) is 10.1 Å². The molecule has 0 spiro atoms. The molecule has 2 N–H and O–H groups in total. The van der Waals surface area contributed by atoms with Gasteiger partial charge in [0.2, 0.25) is 0 Å². The second kappa shape index (κ2) is 6.47. The minimum absolute atomic E-state index is 0.158. The van der Waals surface area contributed by atoms with Gasteiger partial charge in [0.25, 0.3) is 0 Å². The molecule has 6 heteroatoms. The number of aromatic carboxylic acids is 1. The van der Waals surface area contributed by atoms with Crippen LogP contribution in [0.1, 0.15) is 15.9 Å². The van der Waals surface area contributed by atoms with E-state index in [-0.39, 0.29) is 11.4 Å². The highest BCUT2D eigenvalue weighted by molar-refractivity contribution is 14.1. The van der Waals surface area contributed by atoms with E-state index in [0.717, 1.165) is 3.57 Å². The number of hydrazone groups is 1. The van der Waals surface area contributed by atoms with Gasteiger partial charge in [0, 0.05) is 9.13 Å². The molecule has 0 amide bonds. The van der Waals surface area contributed by atoms with Gasteiger partial charge in [0.15, 0.2) is 0 Å². The van der Waals surface area contributed by atoms with Crippen molar-refractivity contribution in [3.63, 3.8) is 0 Å². The smallest absolute Gasteiger partial charge is 0.335 e. The Morgan fingerprint density at radius 1 is 1.30 bits per heavy atom. The molecule has 0 unspecified atom stereocenters. The van der Waals surface area contributed by atoms with Crippen molar-refractivity contribution in [3.05, 3.63) is 63.0 Å². The van der Waals surface area contributed by atoms with Crippen molar-refractivity contribution >= 4 is 40.5 Å². The maximum atomic E-state index is 13.5. The summed E-state index contributed by atoms with van der Waals surface area (Å²) >= 11 is 2.08. The maximum Gasteiger partial charge on any atom is 0.335 e. The molecule has 0 fully saturated rings. The average Bonchev–Trinajstić information content (AvgIpc) is 2.43. The number of nitrogens with one attached hydrogen (secondary N) is 1. The van der Waals surface area contributed by atoms with Gasteiger partial charge in [-0.05, 0) is 59.0 Å². The highest BCUT2D eigenvalue weighted by atomic mass is 127. The lowest BCUT2D eigenvalue weighted by Crippen LogP contribution is -1.98. The Labute approximate surface area is 128 Å². The third-order valence-corrected chi connectivity index (χ3v) is 3.14. The molecule has 0 radical (unpaired) electrons. The SMILES string of the molecule is O=C(O)c1cccc(N/N=C\c2cc(I)ccc2F)c1. The van der Waals surface area contributed by atoms with Crippen LogP contribution in [0, 0.1) is 9.39 Å². The molecular weight excluding hydrogens is 374 g/mol. The summed E-state index contributed by atoms with van der Waals surface area (Å²) in [7, 11) is 0. The quantitative estimate of drug-likeness (QED) is 0.481. The minimum Gasteiger partial charge on any atom is -0.478 e.